The van der Waals surface area contributed by atoms with Crippen molar-refractivity contribution in [3.8, 4) is 66.8 Å². The summed E-state index contributed by atoms with van der Waals surface area (Å²) < 4.78 is 0. The zero-order valence-electron chi connectivity index (χ0n) is 32.8. The van der Waals surface area contributed by atoms with E-state index in [1.807, 2.05) is 0 Å². The molecule has 12 aromatic carbocycles. The van der Waals surface area contributed by atoms with E-state index in [4.69, 9.17) is 0 Å². The average molecular weight is 757 g/mol. The quantitative estimate of drug-likeness (QED) is 0.122. The Morgan fingerprint density at radius 3 is 0.967 bits per heavy atom. The Bertz CT molecular complexity index is 3710. The molecule has 0 unspecified atom stereocenters. The lowest BCUT2D eigenvalue weighted by atomic mass is 9.79. The van der Waals surface area contributed by atoms with Crippen LogP contribution >= 0.6 is 0 Å². The highest BCUT2D eigenvalue weighted by atomic mass is 14.3. The highest BCUT2D eigenvalue weighted by Crippen LogP contribution is 2.52. The van der Waals surface area contributed by atoms with Crippen molar-refractivity contribution >= 4 is 64.6 Å². The van der Waals surface area contributed by atoms with Gasteiger partial charge in [-0.1, -0.05) is 206 Å². The lowest BCUT2D eigenvalue weighted by molar-refractivity contribution is 1.52. The predicted molar refractivity (Wildman–Crippen MR) is 258 cm³/mol. The Hall–Kier alpha value is -7.80. The number of hydrogen-bond donors (Lipinski definition) is 0. The molecule has 0 N–H and O–H groups in total. The van der Waals surface area contributed by atoms with E-state index in [9.17, 15) is 0 Å². The maximum absolute atomic E-state index is 2.50. The molecule has 0 amide bonds. The van der Waals surface area contributed by atoms with Gasteiger partial charge in [-0.05, 0) is 144 Å². The third-order valence-corrected chi connectivity index (χ3v) is 13.2. The van der Waals surface area contributed by atoms with Gasteiger partial charge in [0, 0.05) is 0 Å². The maximum atomic E-state index is 2.50. The molecule has 12 aromatic rings. The van der Waals surface area contributed by atoms with Crippen molar-refractivity contribution < 1.29 is 0 Å². The molecule has 276 valence electrons. The molecule has 60 heavy (non-hydrogen) atoms. The number of rotatable bonds is 2. The fraction of sp³-hybridized carbons (Fsp3) is 0. The first-order valence-electron chi connectivity index (χ1n) is 20.9. The van der Waals surface area contributed by atoms with Crippen LogP contribution in [0.25, 0.3) is 131 Å². The van der Waals surface area contributed by atoms with Crippen molar-refractivity contribution in [2.45, 2.75) is 0 Å². The smallest absolute Gasteiger partial charge is 0.00199 e. The van der Waals surface area contributed by atoms with Gasteiger partial charge in [-0.25, -0.2) is 0 Å². The largest absolute Gasteiger partial charge is 0.0616 e. The highest BCUT2D eigenvalue weighted by molar-refractivity contribution is 6.34. The molecule has 0 heteroatoms. The molecule has 0 aromatic heterocycles. The van der Waals surface area contributed by atoms with Gasteiger partial charge in [0.1, 0.15) is 0 Å². The van der Waals surface area contributed by atoms with Crippen LogP contribution < -0.4 is 0 Å². The Morgan fingerprint density at radius 1 is 0.167 bits per heavy atom. The van der Waals surface area contributed by atoms with E-state index in [1.165, 1.54) is 131 Å². The Kier molecular flexibility index (Phi) is 7.11. The summed E-state index contributed by atoms with van der Waals surface area (Å²) in [4.78, 5) is 0. The van der Waals surface area contributed by atoms with Gasteiger partial charge in [-0.3, -0.25) is 0 Å². The molecule has 0 heterocycles. The van der Waals surface area contributed by atoms with Crippen LogP contribution in [0.1, 0.15) is 0 Å². The van der Waals surface area contributed by atoms with Gasteiger partial charge in [0.2, 0.25) is 0 Å². The van der Waals surface area contributed by atoms with Crippen molar-refractivity contribution in [3.05, 3.63) is 218 Å². The summed E-state index contributed by atoms with van der Waals surface area (Å²) in [6.07, 6.45) is 0. The first-order chi connectivity index (χ1) is 29.8. The normalized spacial score (nSPS) is 12.0. The zero-order valence-corrected chi connectivity index (χ0v) is 32.8. The van der Waals surface area contributed by atoms with E-state index in [1.54, 1.807) is 0 Å². The minimum atomic E-state index is 1.22. The van der Waals surface area contributed by atoms with Crippen molar-refractivity contribution in [1.82, 2.24) is 0 Å². The molecule has 0 saturated carbocycles. The van der Waals surface area contributed by atoms with Crippen molar-refractivity contribution in [3.63, 3.8) is 0 Å². The number of hydrogen-bond acceptors (Lipinski definition) is 0. The first kappa shape index (κ1) is 33.2. The third kappa shape index (κ3) is 4.68. The molecule has 1 aliphatic carbocycles. The molecule has 1 aliphatic rings. The second kappa shape index (κ2) is 12.9. The molecule has 0 aliphatic heterocycles. The Morgan fingerprint density at radius 2 is 0.483 bits per heavy atom. The van der Waals surface area contributed by atoms with E-state index in [0.29, 0.717) is 0 Å². The summed E-state index contributed by atoms with van der Waals surface area (Å²) >= 11 is 0. The van der Waals surface area contributed by atoms with Gasteiger partial charge in [0.25, 0.3) is 0 Å². The molecule has 13 rings (SSSR count). The molecular formula is C60H36. The minimum Gasteiger partial charge on any atom is -0.0616 e. The summed E-state index contributed by atoms with van der Waals surface area (Å²) in [6, 6.07) is 81.5. The van der Waals surface area contributed by atoms with Gasteiger partial charge >= 0.3 is 0 Å². The SMILES string of the molecule is c1ccc2c(c1)-c1ccccc1-c1ccc(-c3c4ccccc4c(-c4cc5c6ccccc6c6ccccc6c5c5ccccc45)c4ccccc34)cc1-c1ccccc1-2. The monoisotopic (exact) mass is 756 g/mol. The van der Waals surface area contributed by atoms with Crippen molar-refractivity contribution in [2.24, 2.45) is 0 Å². The van der Waals surface area contributed by atoms with Crippen LogP contribution in [0.2, 0.25) is 0 Å². The van der Waals surface area contributed by atoms with Crippen LogP contribution in [0.4, 0.5) is 0 Å². The Balaban J connectivity index is 1.13. The van der Waals surface area contributed by atoms with Crippen LogP contribution in [0.15, 0.2) is 218 Å². The standard InChI is InChI=1S/C60H36/c1-2-18-39-38(17-1)40-19-3-4-21-42(40)48-34-33-37(35-55(48)45-24-7-5-20-41(39)45)58-51-29-13-15-31-53(51)60(54-32-16-14-30-52(54)58)57-36-56-46-25-8-6-22-43(46)44-23-9-11-27-49(44)59(56)50-28-12-10-26-47(50)57/h1-36H. The molecule has 0 saturated heterocycles. The lowest BCUT2D eigenvalue weighted by Crippen LogP contribution is -1.98. The van der Waals surface area contributed by atoms with Crippen LogP contribution in [-0.4, -0.2) is 0 Å². The molecule has 0 nitrogen and oxygen atoms in total. The molecule has 0 bridgehead atoms. The first-order valence-corrected chi connectivity index (χ1v) is 20.9. The highest BCUT2D eigenvalue weighted by Gasteiger charge is 2.24. The zero-order chi connectivity index (χ0) is 39.3. The lowest BCUT2D eigenvalue weighted by Gasteiger charge is -2.24. The number of fused-ring (bicyclic) bond motifs is 18. The second-order valence-corrected chi connectivity index (χ2v) is 16.2. The van der Waals surface area contributed by atoms with Crippen molar-refractivity contribution in [1.29, 1.82) is 0 Å². The molecule has 0 fully saturated rings. The summed E-state index contributed by atoms with van der Waals surface area (Å²) in [5.74, 6) is 0. The maximum Gasteiger partial charge on any atom is -0.00199 e. The van der Waals surface area contributed by atoms with Crippen LogP contribution in [0, 0.1) is 0 Å². The molecular weight excluding hydrogens is 721 g/mol. The summed E-state index contributed by atoms with van der Waals surface area (Å²) in [5, 5.41) is 15.3. The van der Waals surface area contributed by atoms with Gasteiger partial charge < -0.3 is 0 Å². The van der Waals surface area contributed by atoms with Gasteiger partial charge in [-0.15, -0.1) is 0 Å². The number of benzene rings is 12. The van der Waals surface area contributed by atoms with E-state index in [0.717, 1.165) is 0 Å². The average Bonchev–Trinajstić information content (AvgIpc) is 3.32. The van der Waals surface area contributed by atoms with E-state index in [2.05, 4.69) is 218 Å². The van der Waals surface area contributed by atoms with E-state index >= 15 is 0 Å². The van der Waals surface area contributed by atoms with E-state index in [-0.39, 0.29) is 0 Å². The van der Waals surface area contributed by atoms with Crippen LogP contribution in [-0.2, 0) is 0 Å². The fourth-order valence-corrected chi connectivity index (χ4v) is 10.7. The van der Waals surface area contributed by atoms with Gasteiger partial charge in [0.05, 0.1) is 0 Å². The minimum absolute atomic E-state index is 1.22. The predicted octanol–water partition coefficient (Wildman–Crippen LogP) is 16.9. The summed E-state index contributed by atoms with van der Waals surface area (Å²) in [5.41, 5.74) is 15.1. The molecule has 0 atom stereocenters. The summed E-state index contributed by atoms with van der Waals surface area (Å²) in [6.45, 7) is 0. The molecule has 0 radical (unpaired) electrons. The topological polar surface area (TPSA) is 0 Å². The van der Waals surface area contributed by atoms with Crippen LogP contribution in [0.3, 0.4) is 0 Å². The molecule has 0 spiro atoms. The third-order valence-electron chi connectivity index (χ3n) is 13.2. The summed E-state index contributed by atoms with van der Waals surface area (Å²) in [7, 11) is 0. The van der Waals surface area contributed by atoms with Gasteiger partial charge in [-0.2, -0.15) is 0 Å². The Labute approximate surface area is 348 Å². The second-order valence-electron chi connectivity index (χ2n) is 16.2. The van der Waals surface area contributed by atoms with Gasteiger partial charge in [0.15, 0.2) is 0 Å². The van der Waals surface area contributed by atoms with Crippen LogP contribution in [0.5, 0.6) is 0 Å². The fourth-order valence-electron chi connectivity index (χ4n) is 10.7. The van der Waals surface area contributed by atoms with E-state index < -0.39 is 0 Å². The van der Waals surface area contributed by atoms with Crippen molar-refractivity contribution in [2.75, 3.05) is 0 Å².